The normalized spacial score (nSPS) is 31.6. The molecule has 2 unspecified atom stereocenters. The van der Waals surface area contributed by atoms with Gasteiger partial charge < -0.3 is 4.74 Å². The van der Waals surface area contributed by atoms with E-state index in [1.165, 1.54) is 6.92 Å². The van der Waals surface area contributed by atoms with Gasteiger partial charge >= 0.3 is 5.97 Å². The Bertz CT molecular complexity index is 463. The van der Waals surface area contributed by atoms with Crippen LogP contribution in [0.4, 0.5) is 0 Å². The van der Waals surface area contributed by atoms with Gasteiger partial charge in [0, 0.05) is 13.3 Å². The number of carbonyl (C=O) groups excluding carboxylic acids is 1. The predicted octanol–water partition coefficient (Wildman–Crippen LogP) is 2.17. The van der Waals surface area contributed by atoms with Gasteiger partial charge in [0.15, 0.2) is 0 Å². The molecule has 1 saturated carbocycles. The summed E-state index contributed by atoms with van der Waals surface area (Å²) in [6.07, 6.45) is 0.570. The third kappa shape index (κ3) is 1.38. The predicted molar refractivity (Wildman–Crippen MR) is 58.5 cm³/mol. The second-order valence-electron chi connectivity index (χ2n) is 4.41. The quantitative estimate of drug-likeness (QED) is 0.710. The zero-order valence-electron chi connectivity index (χ0n) is 9.36. The summed E-state index contributed by atoms with van der Waals surface area (Å²) in [5.74, 6) is -0.402. The van der Waals surface area contributed by atoms with Crippen LogP contribution < -0.4 is 0 Å². The number of carbonyl (C=O) groups is 1. The number of nitriles is 1. The molecule has 0 aromatic heterocycles. The molecule has 1 aliphatic rings. The standard InChI is InChI=1S/C13H13NO2/c1-10(15)16-13(9-14)8-12(13,2)11-6-4-3-5-7-11/h3-7H,8H2,1-2H3. The van der Waals surface area contributed by atoms with Crippen molar-refractivity contribution in [3.63, 3.8) is 0 Å². The highest BCUT2D eigenvalue weighted by atomic mass is 16.6. The molecule has 0 bridgehead atoms. The zero-order chi connectivity index (χ0) is 11.8. The van der Waals surface area contributed by atoms with Gasteiger partial charge in [-0.25, -0.2) is 0 Å². The van der Waals surface area contributed by atoms with Gasteiger partial charge in [0.2, 0.25) is 5.60 Å². The fourth-order valence-electron chi connectivity index (χ4n) is 2.17. The van der Waals surface area contributed by atoms with Crippen LogP contribution in [0.25, 0.3) is 0 Å². The topological polar surface area (TPSA) is 50.1 Å². The van der Waals surface area contributed by atoms with Crippen LogP contribution in [-0.4, -0.2) is 11.6 Å². The average Bonchev–Trinajstić information content (AvgIpc) is 2.86. The van der Waals surface area contributed by atoms with Gasteiger partial charge in [-0.1, -0.05) is 37.3 Å². The Morgan fingerprint density at radius 1 is 1.44 bits per heavy atom. The van der Waals surface area contributed by atoms with E-state index in [-0.39, 0.29) is 5.41 Å². The second-order valence-corrected chi connectivity index (χ2v) is 4.41. The van der Waals surface area contributed by atoms with E-state index >= 15 is 0 Å². The Hall–Kier alpha value is -1.82. The van der Waals surface area contributed by atoms with E-state index in [4.69, 9.17) is 4.74 Å². The number of nitrogens with zero attached hydrogens (tertiary/aromatic N) is 1. The van der Waals surface area contributed by atoms with Crippen molar-refractivity contribution in [2.24, 2.45) is 0 Å². The van der Waals surface area contributed by atoms with E-state index in [1.807, 2.05) is 37.3 Å². The zero-order valence-corrected chi connectivity index (χ0v) is 9.36. The molecule has 0 radical (unpaired) electrons. The van der Waals surface area contributed by atoms with Crippen LogP contribution >= 0.6 is 0 Å². The van der Waals surface area contributed by atoms with Gasteiger partial charge in [0.1, 0.15) is 6.07 Å². The first-order chi connectivity index (χ1) is 7.54. The number of hydrogen-bond acceptors (Lipinski definition) is 3. The summed E-state index contributed by atoms with van der Waals surface area (Å²) in [6.45, 7) is 3.29. The van der Waals surface area contributed by atoms with Gasteiger partial charge in [-0.15, -0.1) is 0 Å². The smallest absolute Gasteiger partial charge is 0.304 e. The van der Waals surface area contributed by atoms with Crippen molar-refractivity contribution in [3.8, 4) is 6.07 Å². The van der Waals surface area contributed by atoms with Crippen LogP contribution in [0.2, 0.25) is 0 Å². The SMILES string of the molecule is CC(=O)OC1(C#N)CC1(C)c1ccccc1. The Labute approximate surface area is 94.6 Å². The van der Waals surface area contributed by atoms with Crippen molar-refractivity contribution in [1.82, 2.24) is 0 Å². The highest BCUT2D eigenvalue weighted by Gasteiger charge is 2.69. The first kappa shape index (κ1) is 10.7. The van der Waals surface area contributed by atoms with Gasteiger partial charge in [-0.2, -0.15) is 5.26 Å². The second kappa shape index (κ2) is 3.34. The van der Waals surface area contributed by atoms with E-state index in [1.54, 1.807) is 0 Å². The molecule has 0 spiro atoms. The summed E-state index contributed by atoms with van der Waals surface area (Å²) in [5, 5.41) is 9.18. The first-order valence-electron chi connectivity index (χ1n) is 5.20. The van der Waals surface area contributed by atoms with Crippen LogP contribution in [0.3, 0.4) is 0 Å². The summed E-state index contributed by atoms with van der Waals surface area (Å²) in [6, 6.07) is 11.8. The third-order valence-corrected chi connectivity index (χ3v) is 3.28. The molecule has 0 saturated heterocycles. The van der Waals surface area contributed by atoms with Gasteiger partial charge in [0.05, 0.1) is 5.41 Å². The third-order valence-electron chi connectivity index (χ3n) is 3.28. The van der Waals surface area contributed by atoms with E-state index in [9.17, 15) is 10.1 Å². The average molecular weight is 215 g/mol. The molecular formula is C13H13NO2. The number of esters is 1. The molecule has 0 amide bonds. The highest BCUT2D eigenvalue weighted by Crippen LogP contribution is 2.59. The van der Waals surface area contributed by atoms with Crippen molar-refractivity contribution in [1.29, 1.82) is 5.26 Å². The van der Waals surface area contributed by atoms with Crippen molar-refractivity contribution in [3.05, 3.63) is 35.9 Å². The van der Waals surface area contributed by atoms with Crippen molar-refractivity contribution < 1.29 is 9.53 Å². The van der Waals surface area contributed by atoms with E-state index in [0.29, 0.717) is 6.42 Å². The molecule has 2 rings (SSSR count). The number of ether oxygens (including phenoxy) is 1. The maximum atomic E-state index is 11.0. The summed E-state index contributed by atoms with van der Waals surface area (Å²) in [7, 11) is 0. The van der Waals surface area contributed by atoms with Crippen LogP contribution in [0, 0.1) is 11.3 Å². The summed E-state index contributed by atoms with van der Waals surface area (Å²) < 4.78 is 5.17. The van der Waals surface area contributed by atoms with E-state index in [0.717, 1.165) is 5.56 Å². The van der Waals surface area contributed by atoms with Crippen LogP contribution in [-0.2, 0) is 14.9 Å². The fourth-order valence-corrected chi connectivity index (χ4v) is 2.17. The number of benzene rings is 1. The molecule has 0 heterocycles. The molecule has 1 fully saturated rings. The number of rotatable bonds is 2. The van der Waals surface area contributed by atoms with Gasteiger partial charge in [-0.05, 0) is 5.56 Å². The Kier molecular flexibility index (Phi) is 2.23. The van der Waals surface area contributed by atoms with Crippen molar-refractivity contribution in [2.45, 2.75) is 31.3 Å². The lowest BCUT2D eigenvalue weighted by atomic mass is 9.94. The molecule has 0 N–H and O–H groups in total. The minimum absolute atomic E-state index is 0.366. The molecule has 3 nitrogen and oxygen atoms in total. The molecular weight excluding hydrogens is 202 g/mol. The Balaban J connectivity index is 2.32. The van der Waals surface area contributed by atoms with Crippen molar-refractivity contribution >= 4 is 5.97 Å². The lowest BCUT2D eigenvalue weighted by molar-refractivity contribution is -0.146. The van der Waals surface area contributed by atoms with Crippen LogP contribution in [0.5, 0.6) is 0 Å². The minimum Gasteiger partial charge on any atom is -0.443 e. The summed E-state index contributed by atoms with van der Waals surface area (Å²) >= 11 is 0. The molecule has 82 valence electrons. The maximum absolute atomic E-state index is 11.0. The molecule has 16 heavy (non-hydrogen) atoms. The Morgan fingerprint density at radius 2 is 2.06 bits per heavy atom. The molecule has 2 atom stereocenters. The summed E-state index contributed by atoms with van der Waals surface area (Å²) in [4.78, 5) is 11.0. The van der Waals surface area contributed by atoms with Crippen LogP contribution in [0.1, 0.15) is 25.8 Å². The van der Waals surface area contributed by atoms with E-state index in [2.05, 4.69) is 6.07 Å². The molecule has 3 heteroatoms. The van der Waals surface area contributed by atoms with Crippen LogP contribution in [0.15, 0.2) is 30.3 Å². The van der Waals surface area contributed by atoms with E-state index < -0.39 is 11.6 Å². The molecule has 1 aromatic carbocycles. The molecule has 1 aromatic rings. The molecule has 0 aliphatic heterocycles. The minimum atomic E-state index is -0.972. The van der Waals surface area contributed by atoms with Gasteiger partial charge in [0.25, 0.3) is 0 Å². The summed E-state index contributed by atoms with van der Waals surface area (Å²) in [5.41, 5.74) is -0.299. The Morgan fingerprint density at radius 3 is 2.56 bits per heavy atom. The monoisotopic (exact) mass is 215 g/mol. The van der Waals surface area contributed by atoms with Crippen molar-refractivity contribution in [2.75, 3.05) is 0 Å². The first-order valence-corrected chi connectivity index (χ1v) is 5.20. The maximum Gasteiger partial charge on any atom is 0.304 e. The number of hydrogen-bond donors (Lipinski definition) is 0. The fraction of sp³-hybridized carbons (Fsp3) is 0.385. The van der Waals surface area contributed by atoms with Gasteiger partial charge in [-0.3, -0.25) is 4.79 Å². The largest absolute Gasteiger partial charge is 0.443 e. The highest BCUT2D eigenvalue weighted by molar-refractivity contribution is 5.68. The lowest BCUT2D eigenvalue weighted by Crippen LogP contribution is -2.25. The lowest BCUT2D eigenvalue weighted by Gasteiger charge is -2.16. The molecule has 1 aliphatic carbocycles.